The van der Waals surface area contributed by atoms with Gasteiger partial charge in [0.1, 0.15) is 17.4 Å². The summed E-state index contributed by atoms with van der Waals surface area (Å²) in [6, 6.07) is 4.17. The molecule has 0 saturated heterocycles. The second-order valence-electron chi connectivity index (χ2n) is 6.31. The van der Waals surface area contributed by atoms with Gasteiger partial charge in [0.15, 0.2) is 0 Å². The molecule has 0 bridgehead atoms. The standard InChI is InChI=1S/C19H27N3O2/c1-7-16(10-23)22-18-14(5)19(21-15(6)20-18)24-17-12(3)8-11(2)9-13(17)4/h8-9,16,23H,7,10H2,1-6H3,(H,20,21,22). The molecule has 0 radical (unpaired) electrons. The Morgan fingerprint density at radius 1 is 1.08 bits per heavy atom. The Bertz CT molecular complexity index is 702. The minimum atomic E-state index is -0.0336. The van der Waals surface area contributed by atoms with Crippen molar-refractivity contribution in [2.75, 3.05) is 11.9 Å². The lowest BCUT2D eigenvalue weighted by molar-refractivity contribution is 0.271. The van der Waals surface area contributed by atoms with E-state index in [1.807, 2.05) is 34.6 Å². The molecule has 1 aromatic carbocycles. The molecule has 24 heavy (non-hydrogen) atoms. The zero-order valence-electron chi connectivity index (χ0n) is 15.4. The second-order valence-corrected chi connectivity index (χ2v) is 6.31. The molecule has 1 atom stereocenters. The number of aliphatic hydroxyl groups is 1. The number of nitrogens with zero attached hydrogens (tertiary/aromatic N) is 2. The molecule has 5 heteroatoms. The predicted octanol–water partition coefficient (Wildman–Crippen LogP) is 3.99. The van der Waals surface area contributed by atoms with Gasteiger partial charge in [-0.1, -0.05) is 24.6 Å². The zero-order chi connectivity index (χ0) is 17.9. The minimum absolute atomic E-state index is 0.0336. The topological polar surface area (TPSA) is 67.3 Å². The van der Waals surface area contributed by atoms with Crippen molar-refractivity contribution < 1.29 is 9.84 Å². The number of nitrogens with one attached hydrogen (secondary N) is 1. The van der Waals surface area contributed by atoms with E-state index < -0.39 is 0 Å². The molecule has 0 saturated carbocycles. The zero-order valence-corrected chi connectivity index (χ0v) is 15.4. The van der Waals surface area contributed by atoms with Gasteiger partial charge in [0.2, 0.25) is 5.88 Å². The van der Waals surface area contributed by atoms with E-state index >= 15 is 0 Å². The predicted molar refractivity (Wildman–Crippen MR) is 97.0 cm³/mol. The fraction of sp³-hybridized carbons (Fsp3) is 0.474. The lowest BCUT2D eigenvalue weighted by Crippen LogP contribution is -2.24. The molecule has 5 nitrogen and oxygen atoms in total. The number of aryl methyl sites for hydroxylation is 4. The van der Waals surface area contributed by atoms with E-state index in [9.17, 15) is 5.11 Å². The quantitative estimate of drug-likeness (QED) is 0.838. The van der Waals surface area contributed by atoms with Crippen molar-refractivity contribution in [3.63, 3.8) is 0 Å². The first-order valence-electron chi connectivity index (χ1n) is 8.34. The summed E-state index contributed by atoms with van der Waals surface area (Å²) < 4.78 is 6.14. The smallest absolute Gasteiger partial charge is 0.227 e. The number of ether oxygens (including phenoxy) is 1. The summed E-state index contributed by atoms with van der Waals surface area (Å²) >= 11 is 0. The third kappa shape index (κ3) is 4.03. The Hall–Kier alpha value is -2.14. The molecule has 2 aromatic rings. The van der Waals surface area contributed by atoms with Gasteiger partial charge in [-0.25, -0.2) is 4.98 Å². The number of rotatable bonds is 6. The molecule has 1 unspecified atom stereocenters. The van der Waals surface area contributed by atoms with Gasteiger partial charge < -0.3 is 15.2 Å². The molecule has 0 aliphatic rings. The van der Waals surface area contributed by atoms with Crippen LogP contribution in [0.1, 0.15) is 41.4 Å². The van der Waals surface area contributed by atoms with E-state index in [1.54, 1.807) is 0 Å². The van der Waals surface area contributed by atoms with E-state index in [1.165, 1.54) is 5.56 Å². The third-order valence-electron chi connectivity index (χ3n) is 4.07. The maximum Gasteiger partial charge on any atom is 0.227 e. The Kier molecular flexibility index (Phi) is 5.78. The summed E-state index contributed by atoms with van der Waals surface area (Å²) in [5.74, 6) is 2.73. The first-order valence-corrected chi connectivity index (χ1v) is 8.34. The van der Waals surface area contributed by atoms with Crippen LogP contribution in [0.5, 0.6) is 11.6 Å². The summed E-state index contributed by atoms with van der Waals surface area (Å²) in [5, 5.41) is 12.7. The van der Waals surface area contributed by atoms with Crippen LogP contribution in [-0.4, -0.2) is 27.7 Å². The van der Waals surface area contributed by atoms with Crippen molar-refractivity contribution in [1.29, 1.82) is 0 Å². The van der Waals surface area contributed by atoms with E-state index in [2.05, 4.69) is 34.3 Å². The van der Waals surface area contributed by atoms with Gasteiger partial charge in [-0.3, -0.25) is 0 Å². The average Bonchev–Trinajstić information content (AvgIpc) is 2.52. The highest BCUT2D eigenvalue weighted by molar-refractivity contribution is 5.52. The van der Waals surface area contributed by atoms with Crippen LogP contribution in [0.15, 0.2) is 12.1 Å². The van der Waals surface area contributed by atoms with Gasteiger partial charge in [0, 0.05) is 0 Å². The maximum atomic E-state index is 9.41. The van der Waals surface area contributed by atoms with Crippen molar-refractivity contribution in [1.82, 2.24) is 9.97 Å². The molecule has 2 rings (SSSR count). The van der Waals surface area contributed by atoms with E-state index in [-0.39, 0.29) is 12.6 Å². The average molecular weight is 329 g/mol. The van der Waals surface area contributed by atoms with Crippen LogP contribution in [0.4, 0.5) is 5.82 Å². The molecular formula is C19H27N3O2. The number of aromatic nitrogens is 2. The highest BCUT2D eigenvalue weighted by Gasteiger charge is 2.16. The molecule has 0 spiro atoms. The number of anilines is 1. The number of aliphatic hydroxyl groups excluding tert-OH is 1. The first kappa shape index (κ1) is 18.2. The Labute approximate surface area is 144 Å². The first-order chi connectivity index (χ1) is 11.3. The van der Waals surface area contributed by atoms with Gasteiger partial charge in [-0.05, 0) is 52.2 Å². The molecule has 1 heterocycles. The largest absolute Gasteiger partial charge is 0.438 e. The van der Waals surface area contributed by atoms with Crippen molar-refractivity contribution in [2.24, 2.45) is 0 Å². The van der Waals surface area contributed by atoms with Crippen LogP contribution in [0.3, 0.4) is 0 Å². The normalized spacial score (nSPS) is 12.1. The van der Waals surface area contributed by atoms with Crippen LogP contribution in [-0.2, 0) is 0 Å². The fourth-order valence-electron chi connectivity index (χ4n) is 2.74. The second kappa shape index (κ2) is 7.62. The fourth-order valence-corrected chi connectivity index (χ4v) is 2.74. The summed E-state index contributed by atoms with van der Waals surface area (Å²) in [5.41, 5.74) is 4.22. The highest BCUT2D eigenvalue weighted by atomic mass is 16.5. The van der Waals surface area contributed by atoms with Crippen LogP contribution in [0.25, 0.3) is 0 Å². The Morgan fingerprint density at radius 3 is 2.25 bits per heavy atom. The van der Waals surface area contributed by atoms with Crippen LogP contribution < -0.4 is 10.1 Å². The molecule has 0 aliphatic heterocycles. The van der Waals surface area contributed by atoms with Gasteiger partial charge in [-0.15, -0.1) is 0 Å². The van der Waals surface area contributed by atoms with Crippen molar-refractivity contribution in [3.8, 4) is 11.6 Å². The highest BCUT2D eigenvalue weighted by Crippen LogP contribution is 2.32. The Morgan fingerprint density at radius 2 is 1.71 bits per heavy atom. The van der Waals surface area contributed by atoms with Crippen molar-refractivity contribution in [3.05, 3.63) is 40.2 Å². The molecule has 0 fully saturated rings. The van der Waals surface area contributed by atoms with E-state index in [0.717, 1.165) is 28.9 Å². The lowest BCUT2D eigenvalue weighted by atomic mass is 10.1. The molecule has 2 N–H and O–H groups in total. The molecule has 130 valence electrons. The monoisotopic (exact) mass is 329 g/mol. The maximum absolute atomic E-state index is 9.41. The van der Waals surface area contributed by atoms with E-state index in [0.29, 0.717) is 17.5 Å². The SMILES string of the molecule is CCC(CO)Nc1nc(C)nc(Oc2c(C)cc(C)cc2C)c1C. The lowest BCUT2D eigenvalue weighted by Gasteiger charge is -2.19. The third-order valence-corrected chi connectivity index (χ3v) is 4.07. The van der Waals surface area contributed by atoms with Crippen LogP contribution >= 0.6 is 0 Å². The van der Waals surface area contributed by atoms with Crippen LogP contribution in [0, 0.1) is 34.6 Å². The van der Waals surface area contributed by atoms with Crippen LogP contribution in [0.2, 0.25) is 0 Å². The van der Waals surface area contributed by atoms with Gasteiger partial charge >= 0.3 is 0 Å². The molecule has 0 aliphatic carbocycles. The van der Waals surface area contributed by atoms with E-state index in [4.69, 9.17) is 4.74 Å². The van der Waals surface area contributed by atoms with Crippen molar-refractivity contribution in [2.45, 2.75) is 54.0 Å². The van der Waals surface area contributed by atoms with Gasteiger partial charge in [0.05, 0.1) is 18.2 Å². The Balaban J connectivity index is 2.39. The molecular weight excluding hydrogens is 302 g/mol. The van der Waals surface area contributed by atoms with Gasteiger partial charge in [0.25, 0.3) is 0 Å². The number of hydrogen-bond donors (Lipinski definition) is 2. The minimum Gasteiger partial charge on any atom is -0.438 e. The van der Waals surface area contributed by atoms with Crippen molar-refractivity contribution >= 4 is 5.82 Å². The summed E-state index contributed by atoms with van der Waals surface area (Å²) in [6.45, 7) is 12.0. The molecule has 0 amide bonds. The number of hydrogen-bond acceptors (Lipinski definition) is 5. The molecule has 1 aromatic heterocycles. The summed E-state index contributed by atoms with van der Waals surface area (Å²) in [4.78, 5) is 8.91. The van der Waals surface area contributed by atoms with Gasteiger partial charge in [-0.2, -0.15) is 4.98 Å². The summed E-state index contributed by atoms with van der Waals surface area (Å²) in [7, 11) is 0. The summed E-state index contributed by atoms with van der Waals surface area (Å²) in [6.07, 6.45) is 0.811. The number of benzene rings is 1.